The SMILES string of the molecule is CC(=O)c1ccc2c(c1)c1cc(C(C)=O)ccc1n2CCN1CCN(C(=O)OC(C)(C)C)CC1. The fourth-order valence-corrected chi connectivity index (χ4v) is 4.50. The van der Waals surface area contributed by atoms with Crippen molar-refractivity contribution >= 4 is 39.5 Å². The molecule has 0 unspecified atom stereocenters. The number of aromatic nitrogens is 1. The molecule has 0 radical (unpaired) electrons. The number of piperazine rings is 1. The summed E-state index contributed by atoms with van der Waals surface area (Å²) in [5, 5.41) is 1.97. The Morgan fingerprint density at radius 3 is 1.74 bits per heavy atom. The summed E-state index contributed by atoms with van der Waals surface area (Å²) in [7, 11) is 0. The molecule has 3 aromatic rings. The zero-order chi connectivity index (χ0) is 24.6. The van der Waals surface area contributed by atoms with Gasteiger partial charge in [0.05, 0.1) is 0 Å². The highest BCUT2D eigenvalue weighted by Gasteiger charge is 2.26. The smallest absolute Gasteiger partial charge is 0.410 e. The number of ketones is 2. The molecule has 7 heteroatoms. The first kappa shape index (κ1) is 24.0. The van der Waals surface area contributed by atoms with Gasteiger partial charge in [0, 0.05) is 72.2 Å². The van der Waals surface area contributed by atoms with Gasteiger partial charge in [-0.15, -0.1) is 0 Å². The molecule has 0 atom stereocenters. The number of fused-ring (bicyclic) bond motifs is 3. The Kier molecular flexibility index (Phi) is 6.49. The van der Waals surface area contributed by atoms with E-state index in [1.54, 1.807) is 18.7 Å². The summed E-state index contributed by atoms with van der Waals surface area (Å²) in [5.41, 5.74) is 2.94. The number of hydrogen-bond donors (Lipinski definition) is 0. The predicted molar refractivity (Wildman–Crippen MR) is 134 cm³/mol. The zero-order valence-corrected chi connectivity index (χ0v) is 20.7. The molecule has 1 amide bonds. The predicted octanol–water partition coefficient (Wildman–Crippen LogP) is 4.75. The Hall–Kier alpha value is -3.19. The highest BCUT2D eigenvalue weighted by atomic mass is 16.6. The van der Waals surface area contributed by atoms with Crippen LogP contribution >= 0.6 is 0 Å². The molecule has 2 heterocycles. The fourth-order valence-electron chi connectivity index (χ4n) is 4.50. The van der Waals surface area contributed by atoms with Gasteiger partial charge in [0.1, 0.15) is 5.60 Å². The standard InChI is InChI=1S/C27H33N3O4/c1-18(31)20-6-8-24-22(16-20)23-17-21(19(2)32)7-9-25(23)30(24)15-12-28-10-13-29(14-11-28)26(33)34-27(3,4)5/h6-9,16-17H,10-15H2,1-5H3. The number of carbonyl (C=O) groups is 3. The summed E-state index contributed by atoms with van der Waals surface area (Å²) in [4.78, 5) is 40.4. The number of amides is 1. The van der Waals surface area contributed by atoms with Crippen LogP contribution in [0.1, 0.15) is 55.3 Å². The average Bonchev–Trinajstić information content (AvgIpc) is 3.09. The first-order chi connectivity index (χ1) is 16.0. The number of benzene rings is 2. The van der Waals surface area contributed by atoms with Gasteiger partial charge in [-0.25, -0.2) is 4.79 Å². The largest absolute Gasteiger partial charge is 0.444 e. The van der Waals surface area contributed by atoms with Crippen molar-refractivity contribution in [3.05, 3.63) is 47.5 Å². The van der Waals surface area contributed by atoms with Crippen LogP contribution < -0.4 is 0 Å². The van der Waals surface area contributed by atoms with Gasteiger partial charge in [0.25, 0.3) is 0 Å². The molecule has 1 saturated heterocycles. The first-order valence-corrected chi connectivity index (χ1v) is 11.8. The summed E-state index contributed by atoms with van der Waals surface area (Å²) in [6.07, 6.45) is -0.253. The van der Waals surface area contributed by atoms with Crippen molar-refractivity contribution in [2.75, 3.05) is 32.7 Å². The number of carbonyl (C=O) groups excluding carboxylic acids is 3. The van der Waals surface area contributed by atoms with Crippen molar-refractivity contribution in [2.24, 2.45) is 0 Å². The lowest BCUT2D eigenvalue weighted by atomic mass is 10.0. The van der Waals surface area contributed by atoms with Crippen LogP contribution in [-0.2, 0) is 11.3 Å². The summed E-state index contributed by atoms with van der Waals surface area (Å²) >= 11 is 0. The maximum Gasteiger partial charge on any atom is 0.410 e. The molecule has 180 valence electrons. The minimum atomic E-state index is -0.491. The molecular formula is C27H33N3O4. The van der Waals surface area contributed by atoms with Crippen LogP contribution in [0.2, 0.25) is 0 Å². The minimum absolute atomic E-state index is 0.0216. The Morgan fingerprint density at radius 1 is 0.794 bits per heavy atom. The maximum atomic E-state index is 12.3. The molecule has 34 heavy (non-hydrogen) atoms. The van der Waals surface area contributed by atoms with Crippen LogP contribution in [0.25, 0.3) is 21.8 Å². The van der Waals surface area contributed by atoms with Crippen molar-refractivity contribution < 1.29 is 19.1 Å². The second-order valence-electron chi connectivity index (χ2n) is 10.0. The number of ether oxygens (including phenoxy) is 1. The van der Waals surface area contributed by atoms with Crippen molar-refractivity contribution in [3.63, 3.8) is 0 Å². The lowest BCUT2D eigenvalue weighted by Crippen LogP contribution is -2.50. The molecule has 1 fully saturated rings. The lowest BCUT2D eigenvalue weighted by Gasteiger charge is -2.35. The van der Waals surface area contributed by atoms with Gasteiger partial charge in [-0.3, -0.25) is 14.5 Å². The molecule has 0 N–H and O–H groups in total. The van der Waals surface area contributed by atoms with Gasteiger partial charge in [-0.1, -0.05) is 0 Å². The summed E-state index contributed by atoms with van der Waals surface area (Å²) in [5.74, 6) is 0.0433. The van der Waals surface area contributed by atoms with Crippen LogP contribution in [0.15, 0.2) is 36.4 Å². The van der Waals surface area contributed by atoms with E-state index in [0.29, 0.717) is 24.2 Å². The molecule has 0 saturated carbocycles. The second-order valence-corrected chi connectivity index (χ2v) is 10.0. The van der Waals surface area contributed by atoms with Gasteiger partial charge in [-0.2, -0.15) is 0 Å². The quantitative estimate of drug-likeness (QED) is 0.511. The minimum Gasteiger partial charge on any atom is -0.444 e. The summed E-state index contributed by atoms with van der Waals surface area (Å²) < 4.78 is 7.76. The molecule has 4 rings (SSSR count). The highest BCUT2D eigenvalue weighted by molar-refractivity contribution is 6.12. The first-order valence-electron chi connectivity index (χ1n) is 11.8. The molecule has 0 aliphatic carbocycles. The number of Topliss-reactive ketones (excluding diaryl/α,β-unsaturated/α-hetero) is 2. The van der Waals surface area contributed by atoms with Crippen molar-refractivity contribution in [3.8, 4) is 0 Å². The Bertz CT molecular complexity index is 1190. The Morgan fingerprint density at radius 2 is 1.29 bits per heavy atom. The van der Waals surface area contributed by atoms with Crippen molar-refractivity contribution in [2.45, 2.75) is 46.8 Å². The van der Waals surface area contributed by atoms with Crippen LogP contribution in [0.5, 0.6) is 0 Å². The average molecular weight is 464 g/mol. The third kappa shape index (κ3) is 4.99. The van der Waals surface area contributed by atoms with Crippen molar-refractivity contribution in [1.82, 2.24) is 14.4 Å². The maximum absolute atomic E-state index is 12.3. The Balaban J connectivity index is 1.55. The van der Waals surface area contributed by atoms with E-state index in [4.69, 9.17) is 4.74 Å². The van der Waals surface area contributed by atoms with Gasteiger partial charge in [0.2, 0.25) is 0 Å². The van der Waals surface area contributed by atoms with Gasteiger partial charge >= 0.3 is 6.09 Å². The van der Waals surface area contributed by atoms with Crippen LogP contribution in [0.4, 0.5) is 4.79 Å². The van der Waals surface area contributed by atoms with E-state index in [-0.39, 0.29) is 17.7 Å². The van der Waals surface area contributed by atoms with E-state index >= 15 is 0 Å². The lowest BCUT2D eigenvalue weighted by molar-refractivity contribution is 0.0143. The van der Waals surface area contributed by atoms with Gasteiger partial charge in [-0.05, 0) is 71.0 Å². The van der Waals surface area contributed by atoms with E-state index in [2.05, 4.69) is 9.47 Å². The number of hydrogen-bond acceptors (Lipinski definition) is 5. The third-order valence-electron chi connectivity index (χ3n) is 6.34. The van der Waals surface area contributed by atoms with Crippen molar-refractivity contribution in [1.29, 1.82) is 0 Å². The third-order valence-corrected chi connectivity index (χ3v) is 6.34. The van der Waals surface area contributed by atoms with Crippen LogP contribution in [0.3, 0.4) is 0 Å². The van der Waals surface area contributed by atoms with E-state index in [1.165, 1.54) is 0 Å². The second kappa shape index (κ2) is 9.22. The number of nitrogens with zero attached hydrogens (tertiary/aromatic N) is 3. The Labute approximate surface area is 200 Å². The molecule has 1 aliphatic heterocycles. The van der Waals surface area contributed by atoms with E-state index < -0.39 is 5.60 Å². The van der Waals surface area contributed by atoms with Gasteiger partial charge < -0.3 is 14.2 Å². The molecule has 2 aromatic carbocycles. The topological polar surface area (TPSA) is 71.9 Å². The molecule has 0 bridgehead atoms. The summed E-state index contributed by atoms with van der Waals surface area (Å²) in [6.45, 7) is 13.3. The van der Waals surface area contributed by atoms with Crippen LogP contribution in [0, 0.1) is 0 Å². The molecule has 1 aromatic heterocycles. The normalized spacial score (nSPS) is 15.1. The van der Waals surface area contributed by atoms with E-state index in [0.717, 1.165) is 48.0 Å². The van der Waals surface area contributed by atoms with Crippen LogP contribution in [-0.4, -0.2) is 70.4 Å². The zero-order valence-electron chi connectivity index (χ0n) is 20.7. The molecule has 1 aliphatic rings. The molecular weight excluding hydrogens is 430 g/mol. The number of rotatable bonds is 5. The molecule has 7 nitrogen and oxygen atoms in total. The van der Waals surface area contributed by atoms with E-state index in [9.17, 15) is 14.4 Å². The summed E-state index contributed by atoms with van der Waals surface area (Å²) in [6, 6.07) is 11.6. The van der Waals surface area contributed by atoms with Gasteiger partial charge in [0.15, 0.2) is 11.6 Å². The highest BCUT2D eigenvalue weighted by Crippen LogP contribution is 2.31. The monoisotopic (exact) mass is 463 g/mol. The molecule has 0 spiro atoms. The fraction of sp³-hybridized carbons (Fsp3) is 0.444. The van der Waals surface area contributed by atoms with E-state index in [1.807, 2.05) is 57.2 Å².